The van der Waals surface area contributed by atoms with Crippen LogP contribution in [0.3, 0.4) is 0 Å². The lowest BCUT2D eigenvalue weighted by molar-refractivity contribution is 0.0954. The largest absolute Gasteiger partial charge is 0.497 e. The van der Waals surface area contributed by atoms with Crippen molar-refractivity contribution in [1.82, 2.24) is 10.2 Å². The van der Waals surface area contributed by atoms with E-state index < -0.39 is 0 Å². The summed E-state index contributed by atoms with van der Waals surface area (Å²) in [6.07, 6.45) is 5.37. The minimum absolute atomic E-state index is 0.0106. The maximum absolute atomic E-state index is 12.6. The number of benzene rings is 1. The van der Waals surface area contributed by atoms with Crippen molar-refractivity contribution in [2.45, 2.75) is 51.4 Å². The van der Waals surface area contributed by atoms with Crippen molar-refractivity contribution in [1.29, 1.82) is 0 Å². The van der Waals surface area contributed by atoms with Gasteiger partial charge in [-0.1, -0.05) is 12.8 Å². The number of ether oxygens (including phenoxy) is 2. The van der Waals surface area contributed by atoms with Gasteiger partial charge in [0.25, 0.3) is 5.91 Å². The first-order chi connectivity index (χ1) is 13.2. The van der Waals surface area contributed by atoms with Crippen LogP contribution in [0.5, 0.6) is 11.5 Å². The topological polar surface area (TPSA) is 50.8 Å². The van der Waals surface area contributed by atoms with E-state index >= 15 is 0 Å². The van der Waals surface area contributed by atoms with E-state index in [2.05, 4.69) is 16.3 Å². The van der Waals surface area contributed by atoms with Crippen LogP contribution in [-0.2, 0) is 19.6 Å². The molecular formula is C21H26N2O3S. The maximum Gasteiger partial charge on any atom is 0.261 e. The third-order valence-corrected chi connectivity index (χ3v) is 6.71. The Morgan fingerprint density at radius 3 is 2.44 bits per heavy atom. The van der Waals surface area contributed by atoms with Gasteiger partial charge in [0, 0.05) is 36.6 Å². The standard InChI is InChI=1S/C21H26N2O3S/c1-25-17-7-14(8-18(10-17)26-2)11-22-21(24)19-9-15-12-23(13-20(15)27-19)16-5-3-4-6-16/h7-10,16H,3-6,11-13H2,1-2H3,(H,22,24). The molecule has 2 heterocycles. The number of rotatable bonds is 6. The molecule has 1 aliphatic heterocycles. The molecule has 5 nitrogen and oxygen atoms in total. The van der Waals surface area contributed by atoms with E-state index in [1.807, 2.05) is 18.2 Å². The van der Waals surface area contributed by atoms with Crippen LogP contribution >= 0.6 is 11.3 Å². The molecule has 0 bridgehead atoms. The zero-order chi connectivity index (χ0) is 18.8. The van der Waals surface area contributed by atoms with E-state index in [4.69, 9.17) is 9.47 Å². The number of methoxy groups -OCH3 is 2. The Hall–Kier alpha value is -2.05. The van der Waals surface area contributed by atoms with Crippen LogP contribution < -0.4 is 14.8 Å². The predicted octanol–water partition coefficient (Wildman–Crippen LogP) is 3.95. The fourth-order valence-corrected chi connectivity index (χ4v) is 5.19. The minimum Gasteiger partial charge on any atom is -0.497 e. The van der Waals surface area contributed by atoms with E-state index in [9.17, 15) is 4.79 Å². The molecule has 1 saturated carbocycles. The number of thiophene rings is 1. The zero-order valence-corrected chi connectivity index (χ0v) is 16.7. The highest BCUT2D eigenvalue weighted by Crippen LogP contribution is 2.36. The summed E-state index contributed by atoms with van der Waals surface area (Å²) in [5.41, 5.74) is 2.29. The highest BCUT2D eigenvalue weighted by Gasteiger charge is 2.30. The van der Waals surface area contributed by atoms with Crippen molar-refractivity contribution in [3.05, 3.63) is 45.1 Å². The second-order valence-electron chi connectivity index (χ2n) is 7.31. The Balaban J connectivity index is 1.37. The number of carbonyl (C=O) groups excluding carboxylic acids is 1. The average Bonchev–Trinajstić information content (AvgIpc) is 3.41. The SMILES string of the molecule is COc1cc(CNC(=O)c2cc3c(s2)CN(C2CCCC2)C3)cc(OC)c1. The van der Waals surface area contributed by atoms with Crippen LogP contribution in [0.25, 0.3) is 0 Å². The smallest absolute Gasteiger partial charge is 0.261 e. The van der Waals surface area contributed by atoms with E-state index in [0.29, 0.717) is 6.54 Å². The quantitative estimate of drug-likeness (QED) is 0.817. The maximum atomic E-state index is 12.6. The molecule has 1 amide bonds. The van der Waals surface area contributed by atoms with E-state index in [-0.39, 0.29) is 5.91 Å². The van der Waals surface area contributed by atoms with Gasteiger partial charge >= 0.3 is 0 Å². The van der Waals surface area contributed by atoms with Crippen molar-refractivity contribution >= 4 is 17.2 Å². The van der Waals surface area contributed by atoms with Gasteiger partial charge in [0.2, 0.25) is 0 Å². The molecule has 27 heavy (non-hydrogen) atoms. The van der Waals surface area contributed by atoms with Crippen molar-refractivity contribution in [2.75, 3.05) is 14.2 Å². The Morgan fingerprint density at radius 1 is 1.11 bits per heavy atom. The predicted molar refractivity (Wildman–Crippen MR) is 107 cm³/mol. The van der Waals surface area contributed by atoms with Gasteiger partial charge < -0.3 is 14.8 Å². The summed E-state index contributed by atoms with van der Waals surface area (Å²) >= 11 is 1.64. The normalized spacial score (nSPS) is 17.1. The highest BCUT2D eigenvalue weighted by molar-refractivity contribution is 7.14. The Labute approximate surface area is 164 Å². The zero-order valence-electron chi connectivity index (χ0n) is 15.9. The summed E-state index contributed by atoms with van der Waals surface area (Å²) in [6, 6.07) is 8.47. The summed E-state index contributed by atoms with van der Waals surface area (Å²) in [4.78, 5) is 17.3. The van der Waals surface area contributed by atoms with Gasteiger partial charge in [-0.25, -0.2) is 0 Å². The molecule has 4 rings (SSSR count). The van der Waals surface area contributed by atoms with Gasteiger partial charge in [0.05, 0.1) is 19.1 Å². The first-order valence-corrected chi connectivity index (χ1v) is 10.3. The molecule has 2 aliphatic rings. The summed E-state index contributed by atoms with van der Waals surface area (Å²) in [6.45, 7) is 2.45. The third-order valence-electron chi connectivity index (χ3n) is 5.55. The van der Waals surface area contributed by atoms with Crippen molar-refractivity contribution in [3.63, 3.8) is 0 Å². The molecule has 1 fully saturated rings. The van der Waals surface area contributed by atoms with Gasteiger partial charge in [0.15, 0.2) is 0 Å². The Morgan fingerprint density at radius 2 is 1.81 bits per heavy atom. The average molecular weight is 387 g/mol. The summed E-state index contributed by atoms with van der Waals surface area (Å²) in [5, 5.41) is 3.02. The molecule has 1 aliphatic carbocycles. The molecule has 1 aromatic carbocycles. The number of fused-ring (bicyclic) bond motifs is 1. The van der Waals surface area contributed by atoms with Gasteiger partial charge in [-0.05, 0) is 42.2 Å². The molecule has 0 saturated heterocycles. The van der Waals surface area contributed by atoms with Crippen LogP contribution in [0.15, 0.2) is 24.3 Å². The van der Waals surface area contributed by atoms with Crippen LogP contribution in [0.4, 0.5) is 0 Å². The van der Waals surface area contributed by atoms with Gasteiger partial charge in [-0.2, -0.15) is 0 Å². The van der Waals surface area contributed by atoms with Gasteiger partial charge in [-0.15, -0.1) is 11.3 Å². The summed E-state index contributed by atoms with van der Waals surface area (Å²) in [5.74, 6) is 1.44. The summed E-state index contributed by atoms with van der Waals surface area (Å²) < 4.78 is 10.6. The lowest BCUT2D eigenvalue weighted by Gasteiger charge is -2.22. The summed E-state index contributed by atoms with van der Waals surface area (Å²) in [7, 11) is 3.25. The minimum atomic E-state index is -0.0106. The molecule has 1 N–H and O–H groups in total. The molecule has 1 aromatic heterocycles. The second-order valence-corrected chi connectivity index (χ2v) is 8.44. The molecule has 144 valence electrons. The number of nitrogens with one attached hydrogen (secondary N) is 1. The number of nitrogens with zero attached hydrogens (tertiary/aromatic N) is 1. The monoisotopic (exact) mass is 386 g/mol. The Kier molecular flexibility index (Phi) is 5.36. The van der Waals surface area contributed by atoms with E-state index in [1.165, 1.54) is 36.1 Å². The number of hydrogen-bond donors (Lipinski definition) is 1. The lowest BCUT2D eigenvalue weighted by Crippen LogP contribution is -2.28. The number of amides is 1. The molecule has 2 aromatic rings. The van der Waals surface area contributed by atoms with Crippen LogP contribution in [0.1, 0.15) is 51.4 Å². The van der Waals surface area contributed by atoms with E-state index in [1.54, 1.807) is 25.6 Å². The molecular weight excluding hydrogens is 360 g/mol. The van der Waals surface area contributed by atoms with Gasteiger partial charge in [0.1, 0.15) is 11.5 Å². The first kappa shape index (κ1) is 18.3. The van der Waals surface area contributed by atoms with Crippen molar-refractivity contribution in [3.8, 4) is 11.5 Å². The fraction of sp³-hybridized carbons (Fsp3) is 0.476. The number of carbonyl (C=O) groups is 1. The number of hydrogen-bond acceptors (Lipinski definition) is 5. The molecule has 0 spiro atoms. The Bertz CT molecular complexity index is 781. The second kappa shape index (κ2) is 7.90. The third kappa shape index (κ3) is 3.96. The molecule has 0 atom stereocenters. The van der Waals surface area contributed by atoms with E-state index in [0.717, 1.165) is 41.1 Å². The molecule has 0 radical (unpaired) electrons. The highest BCUT2D eigenvalue weighted by atomic mass is 32.1. The first-order valence-electron chi connectivity index (χ1n) is 9.52. The molecule has 0 unspecified atom stereocenters. The van der Waals surface area contributed by atoms with Crippen molar-refractivity contribution < 1.29 is 14.3 Å². The van der Waals surface area contributed by atoms with Crippen LogP contribution in [-0.4, -0.2) is 31.1 Å². The molecule has 6 heteroatoms. The van der Waals surface area contributed by atoms with Crippen LogP contribution in [0.2, 0.25) is 0 Å². The fourth-order valence-electron chi connectivity index (χ4n) is 4.07. The van der Waals surface area contributed by atoms with Crippen molar-refractivity contribution in [2.24, 2.45) is 0 Å². The van der Waals surface area contributed by atoms with Gasteiger partial charge in [-0.3, -0.25) is 9.69 Å². The van der Waals surface area contributed by atoms with Crippen LogP contribution in [0, 0.1) is 0 Å². The lowest BCUT2D eigenvalue weighted by atomic mass is 10.2.